The van der Waals surface area contributed by atoms with Crippen LogP contribution in [0.15, 0.2) is 48.8 Å². The van der Waals surface area contributed by atoms with E-state index in [4.69, 9.17) is 24.3 Å². The number of halogens is 3. The van der Waals surface area contributed by atoms with E-state index in [2.05, 4.69) is 15.2 Å². The van der Waals surface area contributed by atoms with Crippen LogP contribution in [0.5, 0.6) is 5.75 Å². The molecule has 1 saturated heterocycles. The molecule has 1 aliphatic heterocycles. The van der Waals surface area contributed by atoms with E-state index >= 15 is 0 Å². The zero-order valence-electron chi connectivity index (χ0n) is 24.5. The first-order valence-electron chi connectivity index (χ1n) is 14.4. The number of nitrogens with one attached hydrogen (secondary N) is 1. The lowest BCUT2D eigenvalue weighted by atomic mass is 9.87. The molecule has 2 fully saturated rings. The molecule has 1 saturated carbocycles. The molecule has 5 N–H and O–H groups in total. The molecule has 13 nitrogen and oxygen atoms in total. The van der Waals surface area contributed by atoms with Gasteiger partial charge in [0.25, 0.3) is 0 Å². The fraction of sp³-hybridized carbons (Fsp3) is 0.536. The molecule has 45 heavy (non-hydrogen) atoms. The third kappa shape index (κ3) is 7.26. The molecular formula is C28H35F3N5O8P. The number of aliphatic hydroxyl groups is 2. The van der Waals surface area contributed by atoms with E-state index in [-0.39, 0.29) is 37.3 Å². The number of hydrogen-bond acceptors (Lipinski definition) is 11. The summed E-state index contributed by atoms with van der Waals surface area (Å²) >= 11 is 0. The first-order chi connectivity index (χ1) is 21.2. The van der Waals surface area contributed by atoms with Crippen molar-refractivity contribution in [1.29, 1.82) is 0 Å². The number of hydrogen-bond donors (Lipinski definition) is 4. The summed E-state index contributed by atoms with van der Waals surface area (Å²) in [4.78, 5) is 16.8. The number of aliphatic hydroxyl groups excluding tert-OH is 2. The number of carbonyl (C=O) groups excluding carboxylic acids is 1. The average molecular weight is 658 g/mol. The van der Waals surface area contributed by atoms with Gasteiger partial charge in [-0.05, 0) is 63.8 Å². The van der Waals surface area contributed by atoms with Crippen molar-refractivity contribution in [3.63, 3.8) is 0 Å². The predicted molar refractivity (Wildman–Crippen MR) is 153 cm³/mol. The van der Waals surface area contributed by atoms with Crippen molar-refractivity contribution >= 4 is 25.1 Å². The van der Waals surface area contributed by atoms with Crippen molar-refractivity contribution in [2.24, 2.45) is 5.92 Å². The van der Waals surface area contributed by atoms with Crippen LogP contribution in [0, 0.1) is 5.92 Å². The van der Waals surface area contributed by atoms with Gasteiger partial charge in [-0.1, -0.05) is 18.2 Å². The number of anilines is 1. The first kappa shape index (κ1) is 33.1. The lowest BCUT2D eigenvalue weighted by Crippen LogP contribution is -2.45. The zero-order valence-corrected chi connectivity index (χ0v) is 25.4. The highest BCUT2D eigenvalue weighted by atomic mass is 31.2. The number of nitrogens with two attached hydrogens (primary N) is 1. The van der Waals surface area contributed by atoms with Gasteiger partial charge in [-0.3, -0.25) is 9.32 Å². The second-order valence-corrected chi connectivity index (χ2v) is 13.2. The van der Waals surface area contributed by atoms with Crippen LogP contribution < -0.4 is 15.3 Å². The molecule has 0 radical (unpaired) electrons. The molecule has 3 heterocycles. The van der Waals surface area contributed by atoms with E-state index in [1.54, 1.807) is 30.3 Å². The molecule has 2 aliphatic rings. The first-order valence-corrected chi connectivity index (χ1v) is 15.9. The largest absolute Gasteiger partial charge is 0.461 e. The van der Waals surface area contributed by atoms with Gasteiger partial charge in [0.05, 0.1) is 18.2 Å². The summed E-state index contributed by atoms with van der Waals surface area (Å²) in [6, 6.07) is 9.94. The van der Waals surface area contributed by atoms with Crippen molar-refractivity contribution in [3.05, 3.63) is 54.5 Å². The van der Waals surface area contributed by atoms with Gasteiger partial charge in [-0.15, -0.1) is 0 Å². The van der Waals surface area contributed by atoms with Crippen LogP contribution in [0.4, 0.5) is 19.0 Å². The molecule has 0 spiro atoms. The fourth-order valence-electron chi connectivity index (χ4n) is 5.49. The van der Waals surface area contributed by atoms with Crippen LogP contribution in [0.1, 0.15) is 51.3 Å². The predicted octanol–water partition coefficient (Wildman–Crippen LogP) is 3.71. The monoisotopic (exact) mass is 657 g/mol. The summed E-state index contributed by atoms with van der Waals surface area (Å²) in [6.45, 7) is 2.23. The van der Waals surface area contributed by atoms with Crippen molar-refractivity contribution < 1.29 is 51.3 Å². The molecule has 6 atom stereocenters. The number of aromatic nitrogens is 3. The highest BCUT2D eigenvalue weighted by Crippen LogP contribution is 2.48. The van der Waals surface area contributed by atoms with Crippen LogP contribution in [-0.4, -0.2) is 73.5 Å². The summed E-state index contributed by atoms with van der Waals surface area (Å²) in [5.41, 5.74) is 5.12. The van der Waals surface area contributed by atoms with Crippen molar-refractivity contribution in [2.75, 3.05) is 12.3 Å². The Labute approximate surface area is 256 Å². The third-order valence-electron chi connectivity index (χ3n) is 8.07. The van der Waals surface area contributed by atoms with Gasteiger partial charge in [0.1, 0.15) is 53.7 Å². The number of esters is 1. The van der Waals surface area contributed by atoms with Gasteiger partial charge in [0.2, 0.25) is 0 Å². The minimum absolute atomic E-state index is 0.0456. The number of fused-ring (bicyclic) bond motifs is 1. The normalized spacial score (nSPS) is 29.3. The molecular weight excluding hydrogens is 622 g/mol. The summed E-state index contributed by atoms with van der Waals surface area (Å²) in [7, 11) is -4.42. The number of nitrogens with zero attached hydrogens (tertiary/aromatic N) is 3. The fourth-order valence-corrected chi connectivity index (χ4v) is 7.07. The molecule has 17 heteroatoms. The van der Waals surface area contributed by atoms with E-state index in [0.717, 1.165) is 0 Å². The lowest BCUT2D eigenvalue weighted by molar-refractivity contribution is -0.188. The molecule has 2 aromatic heterocycles. The van der Waals surface area contributed by atoms with Gasteiger partial charge in [-0.25, -0.2) is 14.1 Å². The summed E-state index contributed by atoms with van der Waals surface area (Å²) in [5.74, 6) is -1.97. The smallest absolute Gasteiger partial charge is 0.459 e. The number of rotatable bonds is 10. The number of benzene rings is 1. The Morgan fingerprint density at radius 3 is 2.56 bits per heavy atom. The summed E-state index contributed by atoms with van der Waals surface area (Å²) in [5, 5.41) is 28.6. The minimum Gasteiger partial charge on any atom is -0.461 e. The molecule has 0 amide bonds. The topological polar surface area (TPSA) is 180 Å². The van der Waals surface area contributed by atoms with Gasteiger partial charge >= 0.3 is 19.9 Å². The SMILES string of the molecule is C[C@@H](N[P@](=O)(OC[C@@]1(C)O[C@@H](c2ccc3c(N)ncnn23)[C@H](O)[C@@H]1O)Oc1ccccc1)C(=O)O[C@H]1CC[C@H](C(F)(F)F)CC1. The van der Waals surface area contributed by atoms with Crippen LogP contribution in [0.3, 0.4) is 0 Å². The Morgan fingerprint density at radius 2 is 1.89 bits per heavy atom. The Morgan fingerprint density at radius 1 is 1.20 bits per heavy atom. The Kier molecular flexibility index (Phi) is 9.45. The number of carbonyl (C=O) groups is 1. The van der Waals surface area contributed by atoms with Crippen LogP contribution >= 0.6 is 7.75 Å². The molecule has 3 aromatic rings. The molecule has 1 aliphatic carbocycles. The third-order valence-corrected chi connectivity index (χ3v) is 9.70. The maximum Gasteiger partial charge on any atom is 0.459 e. The van der Waals surface area contributed by atoms with E-state index < -0.39 is 68.5 Å². The van der Waals surface area contributed by atoms with Crippen LogP contribution in [0.25, 0.3) is 5.52 Å². The van der Waals surface area contributed by atoms with E-state index in [1.165, 1.54) is 36.8 Å². The number of nitrogen functional groups attached to an aromatic ring is 1. The molecule has 1 aromatic carbocycles. The van der Waals surface area contributed by atoms with E-state index in [0.29, 0.717) is 11.2 Å². The van der Waals surface area contributed by atoms with Crippen molar-refractivity contribution in [2.45, 2.75) is 81.8 Å². The summed E-state index contributed by atoms with van der Waals surface area (Å²) in [6.07, 6.45) is -8.07. The highest BCUT2D eigenvalue weighted by Gasteiger charge is 2.54. The van der Waals surface area contributed by atoms with Gasteiger partial charge in [0, 0.05) is 0 Å². The number of ether oxygens (including phenoxy) is 2. The van der Waals surface area contributed by atoms with Gasteiger partial charge in [-0.2, -0.15) is 23.4 Å². The number of alkyl halides is 3. The van der Waals surface area contributed by atoms with Crippen LogP contribution in [-0.2, 0) is 23.4 Å². The standard InChI is InChI=1S/C28H35F3N5O8P/c1-16(26(39)42-18-10-8-17(9-11-18)28(29,30)31)35-45(40,44-19-6-4-3-5-7-19)41-14-27(2)24(38)22(37)23(43-27)20-12-13-21-25(32)33-15-34-36(20)21/h3-7,12-13,15-18,22-24,37-38H,8-11,14H2,1-2H3,(H,35,40)(H2,32,33,34)/t16-,17-,18-,22+,23+,24+,27-,45+/m1/s1. The highest BCUT2D eigenvalue weighted by molar-refractivity contribution is 7.52. The van der Waals surface area contributed by atoms with Crippen molar-refractivity contribution in [1.82, 2.24) is 19.7 Å². The lowest BCUT2D eigenvalue weighted by Gasteiger charge is -2.31. The second kappa shape index (κ2) is 12.9. The Balaban J connectivity index is 1.28. The van der Waals surface area contributed by atoms with Gasteiger partial charge < -0.3 is 29.9 Å². The average Bonchev–Trinajstić information content (AvgIpc) is 3.52. The molecule has 246 valence electrons. The molecule has 5 rings (SSSR count). The summed E-state index contributed by atoms with van der Waals surface area (Å²) < 4.78 is 77.4. The zero-order chi connectivity index (χ0) is 32.6. The number of para-hydroxylation sites is 1. The van der Waals surface area contributed by atoms with E-state index in [9.17, 15) is 32.7 Å². The van der Waals surface area contributed by atoms with E-state index in [1.807, 2.05) is 0 Å². The second-order valence-electron chi connectivity index (χ2n) is 11.5. The maximum atomic E-state index is 14.0. The quantitative estimate of drug-likeness (QED) is 0.184. The van der Waals surface area contributed by atoms with Crippen LogP contribution in [0.2, 0.25) is 0 Å². The molecule has 0 unspecified atom stereocenters. The molecule has 0 bridgehead atoms. The maximum absolute atomic E-state index is 14.0. The minimum atomic E-state index is -4.42. The van der Waals surface area contributed by atoms with Gasteiger partial charge in [0.15, 0.2) is 5.82 Å². The Hall–Kier alpha value is -3.27. The Bertz CT molecular complexity index is 1540. The van der Waals surface area contributed by atoms with Crippen molar-refractivity contribution in [3.8, 4) is 5.75 Å².